The number of aromatic nitrogens is 1. The third-order valence-corrected chi connectivity index (χ3v) is 1.49. The zero-order valence-electron chi connectivity index (χ0n) is 6.35. The van der Waals surface area contributed by atoms with Gasteiger partial charge in [-0.05, 0) is 6.92 Å². The third kappa shape index (κ3) is 2.99. The summed E-state index contributed by atoms with van der Waals surface area (Å²) in [5.74, 6) is 0.586. The molecule has 0 aliphatic carbocycles. The van der Waals surface area contributed by atoms with E-state index in [1.807, 2.05) is 0 Å². The zero-order chi connectivity index (χ0) is 9.19. The minimum Gasteiger partial charge on any atom is -0.361 e. The smallest absolute Gasteiger partial charge is 0.333 e. The molecule has 2 N–H and O–H groups in total. The predicted octanol–water partition coefficient (Wildman–Crippen LogP) is -0.297. The molecule has 0 saturated heterocycles. The molecule has 0 radical (unpaired) electrons. The van der Waals surface area contributed by atoms with Gasteiger partial charge in [0.05, 0.1) is 0 Å². The van der Waals surface area contributed by atoms with Gasteiger partial charge in [0.15, 0.2) is 0 Å². The maximum Gasteiger partial charge on any atom is 0.333 e. The highest BCUT2D eigenvalue weighted by atomic mass is 32.2. The van der Waals surface area contributed by atoms with E-state index in [4.69, 9.17) is 0 Å². The van der Waals surface area contributed by atoms with Crippen LogP contribution in [0.25, 0.3) is 0 Å². The highest BCUT2D eigenvalue weighted by molar-refractivity contribution is 7.84. The molecule has 0 aliphatic heterocycles. The summed E-state index contributed by atoms with van der Waals surface area (Å²) >= 11 is 0. The van der Waals surface area contributed by atoms with Crippen molar-refractivity contribution in [2.45, 2.75) is 13.5 Å². The number of rotatable bonds is 3. The number of aryl methyl sites for hydroxylation is 1. The molecule has 0 aliphatic rings. The first-order valence-corrected chi connectivity index (χ1v) is 4.54. The maximum absolute atomic E-state index is 10.3. The van der Waals surface area contributed by atoms with Crippen molar-refractivity contribution in [3.63, 3.8) is 0 Å². The molecule has 0 unspecified atom stereocenters. The molecule has 1 aromatic heterocycles. The van der Waals surface area contributed by atoms with Crippen LogP contribution in [0.4, 0.5) is 0 Å². The molecule has 12 heavy (non-hydrogen) atoms. The Labute approximate surface area is 69.5 Å². The average Bonchev–Trinajstić information content (AvgIpc) is 2.30. The standard InChI is InChI=1S/C5H8N2O4S/c1-4-2-5(7-11-4)3-10-12(6,8)9/h2H,3H2,1H3,(H2,6,8,9). The van der Waals surface area contributed by atoms with E-state index < -0.39 is 10.3 Å². The van der Waals surface area contributed by atoms with Crippen molar-refractivity contribution in [3.05, 3.63) is 17.5 Å². The largest absolute Gasteiger partial charge is 0.361 e. The van der Waals surface area contributed by atoms with Crippen LogP contribution in [0, 0.1) is 6.92 Å². The number of nitrogens with two attached hydrogens (primary N) is 1. The van der Waals surface area contributed by atoms with Crippen LogP contribution in [0.2, 0.25) is 0 Å². The molecule has 0 spiro atoms. The minimum absolute atomic E-state index is 0.198. The third-order valence-electron chi connectivity index (χ3n) is 1.05. The Morgan fingerprint density at radius 2 is 2.42 bits per heavy atom. The molecule has 7 heteroatoms. The fraction of sp³-hybridized carbons (Fsp3) is 0.400. The number of nitrogens with zero attached hydrogens (tertiary/aromatic N) is 1. The lowest BCUT2D eigenvalue weighted by Crippen LogP contribution is -2.15. The van der Waals surface area contributed by atoms with E-state index in [9.17, 15) is 8.42 Å². The van der Waals surface area contributed by atoms with Gasteiger partial charge in [-0.3, -0.25) is 4.18 Å². The predicted molar refractivity (Wildman–Crippen MR) is 39.1 cm³/mol. The lowest BCUT2D eigenvalue weighted by molar-refractivity contribution is 0.291. The molecular formula is C5H8N2O4S. The summed E-state index contributed by atoms with van der Waals surface area (Å²) in [6, 6.07) is 1.56. The van der Waals surface area contributed by atoms with Crippen LogP contribution in [0.15, 0.2) is 10.6 Å². The first kappa shape index (κ1) is 9.17. The van der Waals surface area contributed by atoms with Crippen LogP contribution < -0.4 is 5.14 Å². The Hall–Kier alpha value is -0.920. The minimum atomic E-state index is -3.89. The first-order chi connectivity index (χ1) is 5.47. The van der Waals surface area contributed by atoms with Gasteiger partial charge in [-0.15, -0.1) is 0 Å². The second-order valence-electron chi connectivity index (χ2n) is 2.18. The average molecular weight is 192 g/mol. The van der Waals surface area contributed by atoms with Gasteiger partial charge < -0.3 is 4.52 Å². The SMILES string of the molecule is Cc1cc(COS(N)(=O)=O)no1. The summed E-state index contributed by atoms with van der Waals surface area (Å²) in [6.45, 7) is 1.49. The van der Waals surface area contributed by atoms with Crippen LogP contribution in [0.5, 0.6) is 0 Å². The molecule has 0 atom stereocenters. The summed E-state index contributed by atoms with van der Waals surface area (Å²) in [5.41, 5.74) is 0.390. The Bertz CT molecular complexity index is 355. The van der Waals surface area contributed by atoms with Crippen molar-refractivity contribution in [2.75, 3.05) is 0 Å². The Balaban J connectivity index is 2.55. The van der Waals surface area contributed by atoms with Gasteiger partial charge in [0.1, 0.15) is 18.1 Å². The molecular weight excluding hydrogens is 184 g/mol. The van der Waals surface area contributed by atoms with Gasteiger partial charge in [0.2, 0.25) is 0 Å². The molecule has 6 nitrogen and oxygen atoms in total. The highest BCUT2D eigenvalue weighted by Gasteiger charge is 2.05. The Kier molecular flexibility index (Phi) is 2.46. The van der Waals surface area contributed by atoms with Crippen molar-refractivity contribution in [1.29, 1.82) is 0 Å². The molecule has 0 saturated carbocycles. The monoisotopic (exact) mass is 192 g/mol. The summed E-state index contributed by atoms with van der Waals surface area (Å²) in [5, 5.41) is 8.08. The molecule has 68 valence electrons. The normalized spacial score (nSPS) is 11.8. The van der Waals surface area contributed by atoms with Crippen molar-refractivity contribution >= 4 is 10.3 Å². The summed E-state index contributed by atoms with van der Waals surface area (Å²) in [6.07, 6.45) is 0. The van der Waals surface area contributed by atoms with Crippen LogP contribution in [-0.2, 0) is 21.1 Å². The van der Waals surface area contributed by atoms with E-state index >= 15 is 0 Å². The fourth-order valence-corrected chi connectivity index (χ4v) is 0.913. The molecule has 1 rings (SSSR count). The van der Waals surface area contributed by atoms with Gasteiger partial charge >= 0.3 is 10.3 Å². The zero-order valence-corrected chi connectivity index (χ0v) is 7.17. The topological polar surface area (TPSA) is 95.4 Å². The maximum atomic E-state index is 10.3. The second kappa shape index (κ2) is 3.21. The van der Waals surface area contributed by atoms with Crippen molar-refractivity contribution in [3.8, 4) is 0 Å². The fourth-order valence-electron chi connectivity index (χ4n) is 0.628. The van der Waals surface area contributed by atoms with Crippen molar-refractivity contribution in [2.24, 2.45) is 5.14 Å². The molecule has 1 aromatic rings. The quantitative estimate of drug-likeness (QED) is 0.709. The molecule has 0 amide bonds. The summed E-state index contributed by atoms with van der Waals surface area (Å²) in [7, 11) is -3.89. The molecule has 1 heterocycles. The lowest BCUT2D eigenvalue weighted by atomic mass is 10.4. The van der Waals surface area contributed by atoms with E-state index in [1.165, 1.54) is 0 Å². The van der Waals surface area contributed by atoms with Gasteiger partial charge in [-0.25, -0.2) is 5.14 Å². The van der Waals surface area contributed by atoms with E-state index in [1.54, 1.807) is 13.0 Å². The molecule has 0 fully saturated rings. The van der Waals surface area contributed by atoms with Gasteiger partial charge in [0.25, 0.3) is 0 Å². The van der Waals surface area contributed by atoms with E-state index in [0.717, 1.165) is 0 Å². The Morgan fingerprint density at radius 3 is 2.83 bits per heavy atom. The van der Waals surface area contributed by atoms with Crippen LogP contribution in [0.3, 0.4) is 0 Å². The second-order valence-corrected chi connectivity index (χ2v) is 3.41. The van der Waals surface area contributed by atoms with Crippen LogP contribution >= 0.6 is 0 Å². The van der Waals surface area contributed by atoms with Gasteiger partial charge in [-0.2, -0.15) is 8.42 Å². The lowest BCUT2D eigenvalue weighted by Gasteiger charge is -1.94. The van der Waals surface area contributed by atoms with Crippen LogP contribution in [0.1, 0.15) is 11.5 Å². The van der Waals surface area contributed by atoms with E-state index in [2.05, 4.69) is 19.0 Å². The van der Waals surface area contributed by atoms with Gasteiger partial charge in [0, 0.05) is 6.07 Å². The van der Waals surface area contributed by atoms with Gasteiger partial charge in [-0.1, -0.05) is 5.16 Å². The summed E-state index contributed by atoms with van der Waals surface area (Å²) < 4.78 is 29.5. The Morgan fingerprint density at radius 1 is 1.75 bits per heavy atom. The molecule has 0 aromatic carbocycles. The highest BCUT2D eigenvalue weighted by Crippen LogP contribution is 2.03. The first-order valence-electron chi connectivity index (χ1n) is 3.07. The van der Waals surface area contributed by atoms with Crippen molar-refractivity contribution in [1.82, 2.24) is 5.16 Å². The number of hydrogen-bond acceptors (Lipinski definition) is 5. The summed E-state index contributed by atoms with van der Waals surface area (Å²) in [4.78, 5) is 0. The molecule has 0 bridgehead atoms. The number of hydrogen-bond donors (Lipinski definition) is 1. The van der Waals surface area contributed by atoms with E-state index in [0.29, 0.717) is 11.5 Å². The van der Waals surface area contributed by atoms with Crippen molar-refractivity contribution < 1.29 is 17.1 Å². The van der Waals surface area contributed by atoms with E-state index in [-0.39, 0.29) is 6.61 Å². The van der Waals surface area contributed by atoms with Crippen LogP contribution in [-0.4, -0.2) is 13.6 Å².